The smallest absolute Gasteiger partial charge is 0.371 e. The lowest BCUT2D eigenvalue weighted by atomic mass is 10.4. The van der Waals surface area contributed by atoms with Gasteiger partial charge in [0.15, 0.2) is 4.67 Å². The van der Waals surface area contributed by atoms with Gasteiger partial charge in [-0.15, -0.1) is 0 Å². The third-order valence-corrected chi connectivity index (χ3v) is 4.90. The van der Waals surface area contributed by atoms with E-state index >= 15 is 0 Å². The predicted molar refractivity (Wildman–Crippen MR) is 73.4 cm³/mol. The highest BCUT2D eigenvalue weighted by atomic mass is 79.9. The van der Waals surface area contributed by atoms with Crippen molar-refractivity contribution in [3.63, 3.8) is 0 Å². The molecule has 2 rings (SSSR count). The Morgan fingerprint density at radius 3 is 2.57 bits per heavy atom. The quantitative estimate of drug-likeness (QED) is 0.812. The molecule has 0 aromatic carbocycles. The Bertz CT molecular complexity index is 772. The first-order chi connectivity index (χ1) is 9.70. The number of rotatable bonds is 5. The molecule has 21 heavy (non-hydrogen) atoms. The Morgan fingerprint density at radius 2 is 2.10 bits per heavy atom. The van der Waals surface area contributed by atoms with Crippen LogP contribution in [0.3, 0.4) is 0 Å². The molecular weight excluding hydrogens is 368 g/mol. The van der Waals surface area contributed by atoms with E-state index in [1.807, 2.05) is 0 Å². The molecule has 2 aromatic rings. The second-order valence-corrected chi connectivity index (χ2v) is 6.58. The Kier molecular flexibility index (Phi) is 4.21. The average molecular weight is 379 g/mol. The lowest BCUT2D eigenvalue weighted by molar-refractivity contribution is 0.0661. The number of oxazole rings is 1. The maximum atomic E-state index is 12.1. The lowest BCUT2D eigenvalue weighted by Gasteiger charge is -2.02. The number of nitrogens with zero attached hydrogens (tertiary/aromatic N) is 1. The molecule has 0 aliphatic carbocycles. The van der Waals surface area contributed by atoms with Gasteiger partial charge in [-0.3, -0.25) is 0 Å². The molecule has 0 saturated heterocycles. The number of furan rings is 1. The molecule has 0 spiro atoms. The Labute approximate surface area is 128 Å². The number of sulfonamides is 1. The van der Waals surface area contributed by atoms with E-state index in [0.29, 0.717) is 11.5 Å². The molecule has 8 nitrogen and oxygen atoms in total. The molecule has 0 fully saturated rings. The Balaban J connectivity index is 2.20. The van der Waals surface area contributed by atoms with Gasteiger partial charge in [0, 0.05) is 6.07 Å². The van der Waals surface area contributed by atoms with Crippen molar-refractivity contribution < 1.29 is 27.2 Å². The van der Waals surface area contributed by atoms with Crippen LogP contribution >= 0.6 is 15.9 Å². The molecule has 0 radical (unpaired) electrons. The molecule has 114 valence electrons. The van der Waals surface area contributed by atoms with E-state index in [1.165, 1.54) is 0 Å². The van der Waals surface area contributed by atoms with Crippen LogP contribution in [-0.4, -0.2) is 24.5 Å². The maximum absolute atomic E-state index is 12.1. The van der Waals surface area contributed by atoms with Crippen molar-refractivity contribution in [1.82, 2.24) is 9.71 Å². The summed E-state index contributed by atoms with van der Waals surface area (Å²) < 4.78 is 36.3. The minimum atomic E-state index is -3.96. The number of hydrogen-bond acceptors (Lipinski definition) is 6. The SMILES string of the molecule is Cc1nc(CNS(=O)(=O)c2cc(C(=O)O)oc2Br)oc1C. The molecule has 0 aliphatic heterocycles. The van der Waals surface area contributed by atoms with Gasteiger partial charge in [0.05, 0.1) is 12.2 Å². The van der Waals surface area contributed by atoms with Crippen LogP contribution in [0, 0.1) is 13.8 Å². The topological polar surface area (TPSA) is 123 Å². The number of halogens is 1. The summed E-state index contributed by atoms with van der Waals surface area (Å²) in [5, 5.41) is 8.77. The van der Waals surface area contributed by atoms with Gasteiger partial charge < -0.3 is 13.9 Å². The number of hydrogen-bond donors (Lipinski definition) is 2. The molecule has 2 heterocycles. The summed E-state index contributed by atoms with van der Waals surface area (Å²) in [6.07, 6.45) is 0. The number of aromatic nitrogens is 1. The van der Waals surface area contributed by atoms with Crippen molar-refractivity contribution in [1.29, 1.82) is 0 Å². The molecule has 0 aliphatic rings. The molecule has 0 saturated carbocycles. The van der Waals surface area contributed by atoms with Crippen LogP contribution in [0.15, 0.2) is 24.5 Å². The summed E-state index contributed by atoms with van der Waals surface area (Å²) in [7, 11) is -3.96. The first-order valence-electron chi connectivity index (χ1n) is 5.66. The highest BCUT2D eigenvalue weighted by molar-refractivity contribution is 9.10. The summed E-state index contributed by atoms with van der Waals surface area (Å²) >= 11 is 2.87. The zero-order chi connectivity index (χ0) is 15.8. The van der Waals surface area contributed by atoms with Crippen LogP contribution in [0.2, 0.25) is 0 Å². The number of aromatic carboxylic acids is 1. The molecule has 10 heteroatoms. The number of carboxylic acids is 1. The summed E-state index contributed by atoms with van der Waals surface area (Å²) in [5.74, 6) is -1.03. The van der Waals surface area contributed by atoms with Crippen LogP contribution in [0.4, 0.5) is 0 Å². The minimum Gasteiger partial charge on any atom is -0.475 e. The number of aryl methyl sites for hydroxylation is 2. The fourth-order valence-corrected chi connectivity index (χ4v) is 3.40. The van der Waals surface area contributed by atoms with Crippen LogP contribution in [-0.2, 0) is 16.6 Å². The van der Waals surface area contributed by atoms with Crippen molar-refractivity contribution >= 4 is 31.9 Å². The summed E-state index contributed by atoms with van der Waals surface area (Å²) in [5.41, 5.74) is 0.668. The molecule has 2 N–H and O–H groups in total. The maximum Gasteiger partial charge on any atom is 0.371 e. The Hall–Kier alpha value is -1.65. The number of nitrogens with one attached hydrogen (secondary N) is 1. The standard InChI is InChI=1S/C11H11BrN2O6S/c1-5-6(2)19-9(14-5)4-13-21(17,18)8-3-7(11(15)16)20-10(8)12/h3,13H,4H2,1-2H3,(H,15,16). The summed E-state index contributed by atoms with van der Waals surface area (Å²) in [4.78, 5) is 14.5. The minimum absolute atomic E-state index is 0.156. The third-order valence-electron chi connectivity index (χ3n) is 2.64. The van der Waals surface area contributed by atoms with Crippen molar-refractivity contribution in [2.75, 3.05) is 0 Å². The monoisotopic (exact) mass is 378 g/mol. The van der Waals surface area contributed by atoms with Gasteiger partial charge in [-0.05, 0) is 29.8 Å². The second kappa shape index (κ2) is 5.62. The van der Waals surface area contributed by atoms with Crippen molar-refractivity contribution in [2.45, 2.75) is 25.3 Å². The van der Waals surface area contributed by atoms with Gasteiger partial charge in [-0.2, -0.15) is 0 Å². The zero-order valence-corrected chi connectivity index (χ0v) is 13.4. The fourth-order valence-electron chi connectivity index (χ4n) is 1.49. The van der Waals surface area contributed by atoms with E-state index in [0.717, 1.165) is 6.07 Å². The van der Waals surface area contributed by atoms with Gasteiger partial charge in [0.2, 0.25) is 21.7 Å². The lowest BCUT2D eigenvalue weighted by Crippen LogP contribution is -2.23. The van der Waals surface area contributed by atoms with Gasteiger partial charge in [0.1, 0.15) is 10.7 Å². The predicted octanol–water partition coefficient (Wildman–Crippen LogP) is 1.82. The van der Waals surface area contributed by atoms with E-state index in [4.69, 9.17) is 13.9 Å². The van der Waals surface area contributed by atoms with Gasteiger partial charge >= 0.3 is 5.97 Å². The highest BCUT2D eigenvalue weighted by Crippen LogP contribution is 2.26. The highest BCUT2D eigenvalue weighted by Gasteiger charge is 2.25. The number of carboxylic acid groups (broad SMARTS) is 1. The van der Waals surface area contributed by atoms with Crippen LogP contribution in [0.1, 0.15) is 27.9 Å². The molecular formula is C11H11BrN2O6S. The van der Waals surface area contributed by atoms with Gasteiger partial charge in [0.25, 0.3) is 0 Å². The second-order valence-electron chi connectivity index (χ2n) is 4.13. The summed E-state index contributed by atoms with van der Waals surface area (Å²) in [6.45, 7) is 3.30. The van der Waals surface area contributed by atoms with Gasteiger partial charge in [-0.1, -0.05) is 0 Å². The molecule has 0 bridgehead atoms. The first-order valence-corrected chi connectivity index (χ1v) is 7.93. The van der Waals surface area contributed by atoms with E-state index in [1.54, 1.807) is 13.8 Å². The molecule has 0 unspecified atom stereocenters. The third kappa shape index (κ3) is 3.34. The normalized spacial score (nSPS) is 11.8. The zero-order valence-electron chi connectivity index (χ0n) is 11.0. The van der Waals surface area contributed by atoms with Crippen LogP contribution in [0.25, 0.3) is 0 Å². The van der Waals surface area contributed by atoms with Crippen molar-refractivity contribution in [3.05, 3.63) is 33.8 Å². The van der Waals surface area contributed by atoms with E-state index in [2.05, 4.69) is 25.6 Å². The molecule has 2 aromatic heterocycles. The fraction of sp³-hybridized carbons (Fsp3) is 0.273. The number of carbonyl (C=O) groups is 1. The van der Waals surface area contributed by atoms with Gasteiger partial charge in [-0.25, -0.2) is 22.9 Å². The average Bonchev–Trinajstić information content (AvgIpc) is 2.92. The van der Waals surface area contributed by atoms with Crippen LogP contribution < -0.4 is 4.72 Å². The Morgan fingerprint density at radius 1 is 1.43 bits per heavy atom. The van der Waals surface area contributed by atoms with Crippen LogP contribution in [0.5, 0.6) is 0 Å². The largest absolute Gasteiger partial charge is 0.475 e. The van der Waals surface area contributed by atoms with E-state index in [9.17, 15) is 13.2 Å². The van der Waals surface area contributed by atoms with Crippen molar-refractivity contribution in [2.24, 2.45) is 0 Å². The first kappa shape index (κ1) is 15.7. The van der Waals surface area contributed by atoms with E-state index < -0.39 is 21.8 Å². The molecule has 0 atom stereocenters. The summed E-state index contributed by atoms with van der Waals surface area (Å²) in [6, 6.07) is 0.917. The van der Waals surface area contributed by atoms with Crippen molar-refractivity contribution in [3.8, 4) is 0 Å². The van der Waals surface area contributed by atoms with E-state index in [-0.39, 0.29) is 22.0 Å². The molecule has 0 amide bonds.